The first kappa shape index (κ1) is 18.2. The van der Waals surface area contributed by atoms with Crippen molar-refractivity contribution in [1.29, 1.82) is 0 Å². The predicted molar refractivity (Wildman–Crippen MR) is 116 cm³/mol. The third-order valence-electron chi connectivity index (χ3n) is 4.10. The standard InChI is InChI=1S/C21H14BrClN2OS/c22-15-10-11-18-19(12-15)27-21(24-18)25(13-14-6-2-1-3-7-14)20(26)16-8-4-5-9-17(16)23/h1-12H,13H2. The van der Waals surface area contributed by atoms with Gasteiger partial charge in [-0.1, -0.05) is 81.3 Å². The summed E-state index contributed by atoms with van der Waals surface area (Å²) in [4.78, 5) is 19.7. The first-order valence-electron chi connectivity index (χ1n) is 8.28. The smallest absolute Gasteiger partial charge is 0.261 e. The van der Waals surface area contributed by atoms with E-state index in [1.807, 2.05) is 60.7 Å². The molecule has 1 aromatic heterocycles. The van der Waals surface area contributed by atoms with Gasteiger partial charge < -0.3 is 0 Å². The van der Waals surface area contributed by atoms with E-state index in [9.17, 15) is 4.79 Å². The summed E-state index contributed by atoms with van der Waals surface area (Å²) in [6.45, 7) is 0.423. The Hall–Kier alpha value is -2.21. The lowest BCUT2D eigenvalue weighted by Gasteiger charge is -2.20. The van der Waals surface area contributed by atoms with Crippen LogP contribution < -0.4 is 4.90 Å². The number of carbonyl (C=O) groups is 1. The number of nitrogens with zero attached hydrogens (tertiary/aromatic N) is 2. The number of hydrogen-bond acceptors (Lipinski definition) is 3. The van der Waals surface area contributed by atoms with E-state index in [-0.39, 0.29) is 5.91 Å². The Labute approximate surface area is 174 Å². The van der Waals surface area contributed by atoms with Crippen LogP contribution in [0.4, 0.5) is 5.13 Å². The summed E-state index contributed by atoms with van der Waals surface area (Å²) in [5.41, 5.74) is 2.36. The fourth-order valence-electron chi connectivity index (χ4n) is 2.77. The van der Waals surface area contributed by atoms with E-state index in [0.717, 1.165) is 20.3 Å². The number of rotatable bonds is 4. The molecule has 3 nitrogen and oxygen atoms in total. The average Bonchev–Trinajstić information content (AvgIpc) is 3.09. The number of hydrogen-bond donors (Lipinski definition) is 0. The van der Waals surface area contributed by atoms with Crippen LogP contribution in [-0.2, 0) is 6.54 Å². The van der Waals surface area contributed by atoms with Gasteiger partial charge in [0.15, 0.2) is 5.13 Å². The molecule has 1 amide bonds. The van der Waals surface area contributed by atoms with E-state index in [1.165, 1.54) is 11.3 Å². The lowest BCUT2D eigenvalue weighted by molar-refractivity contribution is 0.0985. The van der Waals surface area contributed by atoms with Crippen molar-refractivity contribution in [3.63, 3.8) is 0 Å². The van der Waals surface area contributed by atoms with Crippen LogP contribution in [0, 0.1) is 0 Å². The summed E-state index contributed by atoms with van der Waals surface area (Å²) in [6, 6.07) is 22.9. The first-order valence-corrected chi connectivity index (χ1v) is 10.3. The average molecular weight is 458 g/mol. The molecule has 0 aliphatic rings. The normalized spacial score (nSPS) is 10.9. The molecule has 0 fully saturated rings. The lowest BCUT2D eigenvalue weighted by Crippen LogP contribution is -2.30. The van der Waals surface area contributed by atoms with Crippen molar-refractivity contribution >= 4 is 60.1 Å². The molecule has 0 saturated carbocycles. The van der Waals surface area contributed by atoms with Crippen molar-refractivity contribution in [2.24, 2.45) is 0 Å². The van der Waals surface area contributed by atoms with Gasteiger partial charge in [0.25, 0.3) is 5.91 Å². The van der Waals surface area contributed by atoms with Gasteiger partial charge in [-0.25, -0.2) is 4.98 Å². The Morgan fingerprint density at radius 1 is 1.04 bits per heavy atom. The van der Waals surface area contributed by atoms with Crippen LogP contribution in [0.25, 0.3) is 10.2 Å². The van der Waals surface area contributed by atoms with Gasteiger partial charge in [-0.15, -0.1) is 0 Å². The summed E-state index contributed by atoms with van der Waals surface area (Å²) in [5, 5.41) is 1.08. The van der Waals surface area contributed by atoms with E-state index >= 15 is 0 Å². The monoisotopic (exact) mass is 456 g/mol. The molecule has 0 aliphatic heterocycles. The molecule has 4 aromatic rings. The van der Waals surface area contributed by atoms with Crippen molar-refractivity contribution in [3.8, 4) is 0 Å². The highest BCUT2D eigenvalue weighted by Crippen LogP contribution is 2.33. The molecule has 0 saturated heterocycles. The zero-order valence-electron chi connectivity index (χ0n) is 14.1. The third kappa shape index (κ3) is 3.90. The SMILES string of the molecule is O=C(c1ccccc1Cl)N(Cc1ccccc1)c1nc2ccc(Br)cc2s1. The van der Waals surface area contributed by atoms with Gasteiger partial charge in [0.2, 0.25) is 0 Å². The molecule has 0 N–H and O–H groups in total. The first-order chi connectivity index (χ1) is 13.1. The molecule has 0 unspecified atom stereocenters. The Kier molecular flexibility index (Phi) is 5.25. The van der Waals surface area contributed by atoms with Crippen molar-refractivity contribution < 1.29 is 4.79 Å². The molecule has 3 aromatic carbocycles. The number of halogens is 2. The van der Waals surface area contributed by atoms with Gasteiger partial charge in [-0.05, 0) is 35.9 Å². The molecule has 4 rings (SSSR count). The van der Waals surface area contributed by atoms with Crippen LogP contribution in [0.5, 0.6) is 0 Å². The molecule has 0 radical (unpaired) electrons. The second kappa shape index (κ2) is 7.80. The molecule has 27 heavy (non-hydrogen) atoms. The van der Waals surface area contributed by atoms with E-state index in [2.05, 4.69) is 20.9 Å². The summed E-state index contributed by atoms with van der Waals surface area (Å²) in [5.74, 6) is -0.164. The van der Waals surface area contributed by atoms with Crippen molar-refractivity contribution in [2.45, 2.75) is 6.54 Å². The lowest BCUT2D eigenvalue weighted by atomic mass is 10.1. The molecule has 0 atom stereocenters. The van der Waals surface area contributed by atoms with Gasteiger partial charge in [-0.2, -0.15) is 0 Å². The molecule has 0 bridgehead atoms. The molecule has 0 spiro atoms. The van der Waals surface area contributed by atoms with Crippen LogP contribution >= 0.6 is 38.9 Å². The second-order valence-corrected chi connectivity index (χ2v) is 8.30. The number of fused-ring (bicyclic) bond motifs is 1. The fourth-order valence-corrected chi connectivity index (χ4v) is 4.51. The highest BCUT2D eigenvalue weighted by Gasteiger charge is 2.23. The van der Waals surface area contributed by atoms with Crippen LogP contribution in [0.1, 0.15) is 15.9 Å². The van der Waals surface area contributed by atoms with E-state index < -0.39 is 0 Å². The van der Waals surface area contributed by atoms with Crippen LogP contribution in [0.15, 0.2) is 77.3 Å². The highest BCUT2D eigenvalue weighted by atomic mass is 79.9. The molecule has 134 valence electrons. The van der Waals surface area contributed by atoms with Crippen LogP contribution in [-0.4, -0.2) is 10.9 Å². The van der Waals surface area contributed by atoms with Gasteiger partial charge in [0, 0.05) is 4.47 Å². The Bertz CT molecular complexity index is 1110. The number of benzene rings is 3. The molecule has 0 aliphatic carbocycles. The minimum Gasteiger partial charge on any atom is -0.279 e. The Balaban J connectivity index is 1.79. The minimum atomic E-state index is -0.164. The largest absolute Gasteiger partial charge is 0.279 e. The number of aromatic nitrogens is 1. The maximum absolute atomic E-state index is 13.3. The molecular weight excluding hydrogens is 444 g/mol. The van der Waals surface area contributed by atoms with Gasteiger partial charge >= 0.3 is 0 Å². The molecule has 1 heterocycles. The highest BCUT2D eigenvalue weighted by molar-refractivity contribution is 9.10. The van der Waals surface area contributed by atoms with Crippen molar-refractivity contribution in [2.75, 3.05) is 4.90 Å². The summed E-state index contributed by atoms with van der Waals surface area (Å²) in [7, 11) is 0. The summed E-state index contributed by atoms with van der Waals surface area (Å²) in [6.07, 6.45) is 0. The third-order valence-corrected chi connectivity index (χ3v) is 5.97. The van der Waals surface area contributed by atoms with Crippen LogP contribution in [0.3, 0.4) is 0 Å². The van der Waals surface area contributed by atoms with Gasteiger partial charge in [0.05, 0.1) is 27.3 Å². The molecular formula is C21H14BrClN2OS. The maximum Gasteiger partial charge on any atom is 0.261 e. The maximum atomic E-state index is 13.3. The Morgan fingerprint density at radius 3 is 2.56 bits per heavy atom. The van der Waals surface area contributed by atoms with Gasteiger partial charge in [0.1, 0.15) is 0 Å². The minimum absolute atomic E-state index is 0.164. The fraction of sp³-hybridized carbons (Fsp3) is 0.0476. The molecule has 6 heteroatoms. The summed E-state index contributed by atoms with van der Waals surface area (Å²) >= 11 is 11.3. The number of thiazole rings is 1. The topological polar surface area (TPSA) is 33.2 Å². The zero-order valence-corrected chi connectivity index (χ0v) is 17.3. The zero-order chi connectivity index (χ0) is 18.8. The van der Waals surface area contributed by atoms with Crippen molar-refractivity contribution in [3.05, 3.63) is 93.4 Å². The number of carbonyl (C=O) groups excluding carboxylic acids is 1. The van der Waals surface area contributed by atoms with Crippen molar-refractivity contribution in [1.82, 2.24) is 4.98 Å². The van der Waals surface area contributed by atoms with E-state index in [0.29, 0.717) is 22.3 Å². The number of amides is 1. The second-order valence-electron chi connectivity index (χ2n) is 5.97. The van der Waals surface area contributed by atoms with Crippen LogP contribution in [0.2, 0.25) is 5.02 Å². The Morgan fingerprint density at radius 2 is 1.78 bits per heavy atom. The van der Waals surface area contributed by atoms with E-state index in [1.54, 1.807) is 17.0 Å². The summed E-state index contributed by atoms with van der Waals surface area (Å²) < 4.78 is 2.00. The quantitative estimate of drug-likeness (QED) is 0.348. The van der Waals surface area contributed by atoms with Gasteiger partial charge in [-0.3, -0.25) is 9.69 Å². The van der Waals surface area contributed by atoms with E-state index in [4.69, 9.17) is 11.6 Å². The predicted octanol–water partition coefficient (Wildman–Crippen LogP) is 6.56. The number of anilines is 1.